The van der Waals surface area contributed by atoms with Gasteiger partial charge >= 0.3 is 0 Å². The third-order valence-corrected chi connectivity index (χ3v) is 5.60. The number of amides is 2. The molecule has 1 aliphatic rings. The van der Waals surface area contributed by atoms with Gasteiger partial charge in [0.15, 0.2) is 0 Å². The molecule has 3 aromatic rings. The molecule has 2 amide bonds. The quantitative estimate of drug-likeness (QED) is 0.533. The first kappa shape index (κ1) is 22.5. The molecule has 1 aromatic heterocycles. The molecule has 2 aromatic carbocycles. The number of carbonyl (C=O) groups is 2. The first-order valence-electron chi connectivity index (χ1n) is 10.6. The van der Waals surface area contributed by atoms with Crippen LogP contribution in [-0.2, 0) is 11.2 Å². The first-order chi connectivity index (χ1) is 15.9. The molecule has 4 N–H and O–H groups in total. The molecule has 0 unspecified atom stereocenters. The molecule has 9 heteroatoms. The summed E-state index contributed by atoms with van der Waals surface area (Å²) < 4.78 is 28.1. The van der Waals surface area contributed by atoms with E-state index in [-0.39, 0.29) is 36.2 Å². The van der Waals surface area contributed by atoms with Crippen LogP contribution < -0.4 is 16.4 Å². The summed E-state index contributed by atoms with van der Waals surface area (Å²) in [6.07, 6.45) is 1.90. The highest BCUT2D eigenvalue weighted by atomic mass is 19.1. The third-order valence-electron chi connectivity index (χ3n) is 5.60. The molecule has 0 radical (unpaired) electrons. The van der Waals surface area contributed by atoms with E-state index in [9.17, 15) is 18.4 Å². The van der Waals surface area contributed by atoms with Gasteiger partial charge in [-0.1, -0.05) is 19.1 Å². The number of anilines is 1. The second-order valence-electron chi connectivity index (χ2n) is 8.07. The Labute approximate surface area is 189 Å². The number of carbonyl (C=O) groups excluding carboxylic acids is 2. The van der Waals surface area contributed by atoms with Crippen molar-refractivity contribution >= 4 is 17.6 Å². The van der Waals surface area contributed by atoms with Gasteiger partial charge in [-0.15, -0.1) is 0 Å². The second-order valence-corrected chi connectivity index (χ2v) is 8.07. The normalized spacial score (nSPS) is 16.0. The predicted octanol–water partition coefficient (Wildman–Crippen LogP) is 3.17. The van der Waals surface area contributed by atoms with Crippen LogP contribution in [0.4, 0.5) is 14.6 Å². The van der Waals surface area contributed by atoms with Crippen molar-refractivity contribution in [2.75, 3.05) is 11.9 Å². The van der Waals surface area contributed by atoms with Crippen molar-refractivity contribution in [3.8, 4) is 11.3 Å². The van der Waals surface area contributed by atoms with Crippen molar-refractivity contribution in [1.82, 2.24) is 15.3 Å². The lowest BCUT2D eigenvalue weighted by molar-refractivity contribution is -0.116. The zero-order valence-corrected chi connectivity index (χ0v) is 17.9. The summed E-state index contributed by atoms with van der Waals surface area (Å²) in [5, 5.41) is 5.46. The predicted molar refractivity (Wildman–Crippen MR) is 120 cm³/mol. The van der Waals surface area contributed by atoms with E-state index in [1.807, 2.05) is 6.92 Å². The van der Waals surface area contributed by atoms with Crippen LogP contribution in [0.15, 0.2) is 48.8 Å². The Kier molecular flexibility index (Phi) is 6.41. The first-order valence-corrected chi connectivity index (χ1v) is 10.6. The van der Waals surface area contributed by atoms with Crippen LogP contribution >= 0.6 is 0 Å². The number of nitrogens with two attached hydrogens (primary N) is 1. The number of nitrogens with one attached hydrogen (secondary N) is 2. The molecule has 0 saturated carbocycles. The molecule has 2 atom stereocenters. The van der Waals surface area contributed by atoms with Crippen LogP contribution in [0.2, 0.25) is 0 Å². The number of aromatic nitrogens is 2. The molecule has 170 valence electrons. The Morgan fingerprint density at radius 3 is 2.82 bits per heavy atom. The number of hydrogen-bond acceptors (Lipinski definition) is 5. The van der Waals surface area contributed by atoms with Gasteiger partial charge in [-0.05, 0) is 48.2 Å². The maximum Gasteiger partial charge on any atom is 0.254 e. The van der Waals surface area contributed by atoms with Crippen LogP contribution in [0.5, 0.6) is 0 Å². The van der Waals surface area contributed by atoms with Crippen LogP contribution in [0.3, 0.4) is 0 Å². The van der Waals surface area contributed by atoms with E-state index in [1.54, 1.807) is 12.1 Å². The van der Waals surface area contributed by atoms with Gasteiger partial charge in [0.25, 0.3) is 5.91 Å². The topological polar surface area (TPSA) is 110 Å². The minimum atomic E-state index is -0.693. The zero-order chi connectivity index (χ0) is 23.5. The van der Waals surface area contributed by atoms with Gasteiger partial charge in [0, 0.05) is 30.1 Å². The number of benzene rings is 2. The van der Waals surface area contributed by atoms with Crippen molar-refractivity contribution in [2.24, 2.45) is 5.73 Å². The summed E-state index contributed by atoms with van der Waals surface area (Å²) in [6.45, 7) is 1.99. The van der Waals surface area contributed by atoms with E-state index < -0.39 is 17.8 Å². The molecular weight excluding hydrogens is 428 g/mol. The molecule has 0 fully saturated rings. The smallest absolute Gasteiger partial charge is 0.254 e. The molecular formula is C24H23F2N5O2. The van der Waals surface area contributed by atoms with Crippen molar-refractivity contribution in [3.63, 3.8) is 0 Å². The Hall–Kier alpha value is -3.72. The van der Waals surface area contributed by atoms with E-state index in [0.29, 0.717) is 29.1 Å². The average molecular weight is 451 g/mol. The monoisotopic (exact) mass is 451 g/mol. The maximum atomic E-state index is 14.6. The molecule has 0 spiro atoms. The summed E-state index contributed by atoms with van der Waals surface area (Å²) in [5.41, 5.74) is 8.09. The molecule has 2 heterocycles. The van der Waals surface area contributed by atoms with Gasteiger partial charge < -0.3 is 16.4 Å². The van der Waals surface area contributed by atoms with Gasteiger partial charge in [0.1, 0.15) is 23.8 Å². The van der Waals surface area contributed by atoms with Crippen molar-refractivity contribution < 1.29 is 18.4 Å². The molecule has 0 bridgehead atoms. The minimum Gasteiger partial charge on any atom is -0.348 e. The SMILES string of the molecule is C[C@@H]1CC(=O)Nc2ncnc(-c3ccc(F)c(C(=O)N[C@H](CN)Cc4cccc(F)c4)c3)c21. The number of hydrogen-bond donors (Lipinski definition) is 3. The van der Waals surface area contributed by atoms with E-state index in [1.165, 1.54) is 36.7 Å². The fourth-order valence-electron chi connectivity index (χ4n) is 4.01. The van der Waals surface area contributed by atoms with Crippen LogP contribution in [-0.4, -0.2) is 34.4 Å². The van der Waals surface area contributed by atoms with E-state index in [4.69, 9.17) is 5.73 Å². The summed E-state index contributed by atoms with van der Waals surface area (Å²) in [6, 6.07) is 9.66. The highest BCUT2D eigenvalue weighted by Crippen LogP contribution is 2.37. The highest BCUT2D eigenvalue weighted by Gasteiger charge is 2.27. The van der Waals surface area contributed by atoms with Gasteiger partial charge in [-0.2, -0.15) is 0 Å². The van der Waals surface area contributed by atoms with Crippen LogP contribution in [0.25, 0.3) is 11.3 Å². The van der Waals surface area contributed by atoms with E-state index in [0.717, 1.165) is 5.56 Å². The van der Waals surface area contributed by atoms with Gasteiger partial charge in [-0.3, -0.25) is 9.59 Å². The lowest BCUT2D eigenvalue weighted by atomic mass is 9.90. The number of fused-ring (bicyclic) bond motifs is 1. The number of rotatable bonds is 6. The second kappa shape index (κ2) is 9.41. The van der Waals surface area contributed by atoms with Crippen LogP contribution in [0.1, 0.15) is 40.7 Å². The Balaban J connectivity index is 1.61. The van der Waals surface area contributed by atoms with E-state index in [2.05, 4.69) is 20.6 Å². The van der Waals surface area contributed by atoms with Crippen LogP contribution in [0, 0.1) is 11.6 Å². The molecule has 4 rings (SSSR count). The highest BCUT2D eigenvalue weighted by molar-refractivity contribution is 5.97. The largest absolute Gasteiger partial charge is 0.348 e. The standard InChI is InChI=1S/C24H23F2N5O2/c1-13-7-20(32)31-23-21(13)22(28-12-29-23)15-5-6-19(26)18(10-15)24(33)30-17(11-27)9-14-3-2-4-16(25)8-14/h2-6,8,10,12-13,17H,7,9,11,27H2,1H3,(H,30,33)(H,28,29,31,32)/t13-,17+/m1/s1. The number of nitrogens with zero attached hydrogens (tertiary/aromatic N) is 2. The van der Waals surface area contributed by atoms with Gasteiger partial charge in [0.2, 0.25) is 5.91 Å². The molecule has 7 nitrogen and oxygen atoms in total. The Morgan fingerprint density at radius 2 is 2.06 bits per heavy atom. The summed E-state index contributed by atoms with van der Waals surface area (Å²) >= 11 is 0. The van der Waals surface area contributed by atoms with E-state index >= 15 is 0 Å². The van der Waals surface area contributed by atoms with Crippen molar-refractivity contribution in [2.45, 2.75) is 31.7 Å². The molecule has 1 aliphatic heterocycles. The summed E-state index contributed by atoms with van der Waals surface area (Å²) in [4.78, 5) is 33.2. The molecule has 0 saturated heterocycles. The Bertz CT molecular complexity index is 1220. The molecule has 33 heavy (non-hydrogen) atoms. The maximum absolute atomic E-state index is 14.6. The summed E-state index contributed by atoms with van der Waals surface area (Å²) in [7, 11) is 0. The number of halogens is 2. The van der Waals surface area contributed by atoms with Crippen molar-refractivity contribution in [3.05, 3.63) is 77.1 Å². The summed E-state index contributed by atoms with van der Waals surface area (Å²) in [5.74, 6) is -1.57. The average Bonchev–Trinajstić information content (AvgIpc) is 2.78. The van der Waals surface area contributed by atoms with Gasteiger partial charge in [0.05, 0.1) is 11.3 Å². The zero-order valence-electron chi connectivity index (χ0n) is 17.9. The Morgan fingerprint density at radius 1 is 1.24 bits per heavy atom. The third kappa shape index (κ3) is 4.88. The van der Waals surface area contributed by atoms with Crippen molar-refractivity contribution in [1.29, 1.82) is 0 Å². The fourth-order valence-corrected chi connectivity index (χ4v) is 4.01. The fraction of sp³-hybridized carbons (Fsp3) is 0.250. The lowest BCUT2D eigenvalue weighted by Crippen LogP contribution is -2.42. The van der Waals surface area contributed by atoms with Gasteiger partial charge in [-0.25, -0.2) is 18.7 Å². The minimum absolute atomic E-state index is 0.0974. The molecule has 0 aliphatic carbocycles. The lowest BCUT2D eigenvalue weighted by Gasteiger charge is -2.24.